The fraction of sp³-hybridized carbons (Fsp3) is 0.873. The molecule has 0 heterocycles. The first-order valence-electron chi connectivity index (χ1n) is 30.8. The summed E-state index contributed by atoms with van der Waals surface area (Å²) in [6, 6.07) is -0.650. The van der Waals surface area contributed by atoms with Crippen molar-refractivity contribution in [1.29, 1.82) is 0 Å². The van der Waals surface area contributed by atoms with Crippen molar-refractivity contribution in [2.75, 3.05) is 13.2 Å². The number of hydrogen-bond acceptors (Lipinski definition) is 5. The number of rotatable bonds is 57. The van der Waals surface area contributed by atoms with Gasteiger partial charge >= 0.3 is 5.97 Å². The number of unbranched alkanes of at least 4 members (excludes halogenated alkanes) is 42. The molecule has 0 aliphatic carbocycles. The van der Waals surface area contributed by atoms with Crippen molar-refractivity contribution in [2.24, 2.45) is 0 Å². The Morgan fingerprint density at radius 2 is 0.725 bits per heavy atom. The highest BCUT2D eigenvalue weighted by Gasteiger charge is 2.18. The summed E-state index contributed by atoms with van der Waals surface area (Å²) in [7, 11) is 0. The highest BCUT2D eigenvalue weighted by molar-refractivity contribution is 5.76. The van der Waals surface area contributed by atoms with E-state index in [9.17, 15) is 19.8 Å². The number of carbonyl (C=O) groups excluding carboxylic acids is 2. The summed E-state index contributed by atoms with van der Waals surface area (Å²) in [5.41, 5.74) is 0. The van der Waals surface area contributed by atoms with Crippen molar-refractivity contribution >= 4 is 11.9 Å². The number of amides is 1. The van der Waals surface area contributed by atoms with Crippen LogP contribution in [0.25, 0.3) is 0 Å². The van der Waals surface area contributed by atoms with Gasteiger partial charge in [-0.25, -0.2) is 0 Å². The Morgan fingerprint density at radius 1 is 0.406 bits per heavy atom. The normalized spacial score (nSPS) is 12.8. The lowest BCUT2D eigenvalue weighted by atomic mass is 10.0. The van der Waals surface area contributed by atoms with Gasteiger partial charge in [-0.2, -0.15) is 0 Å². The zero-order valence-electron chi connectivity index (χ0n) is 46.3. The van der Waals surface area contributed by atoms with Gasteiger partial charge < -0.3 is 20.3 Å². The molecular formula is C63H119NO5. The van der Waals surface area contributed by atoms with Crippen LogP contribution in [0.5, 0.6) is 0 Å². The van der Waals surface area contributed by atoms with Crippen molar-refractivity contribution in [3.63, 3.8) is 0 Å². The molecule has 2 unspecified atom stereocenters. The van der Waals surface area contributed by atoms with Crippen LogP contribution in [0.2, 0.25) is 0 Å². The van der Waals surface area contributed by atoms with Crippen LogP contribution in [-0.4, -0.2) is 47.4 Å². The van der Waals surface area contributed by atoms with Gasteiger partial charge in [0.15, 0.2) is 0 Å². The molecule has 1 amide bonds. The van der Waals surface area contributed by atoms with E-state index >= 15 is 0 Å². The number of ether oxygens (including phenoxy) is 1. The smallest absolute Gasteiger partial charge is 0.305 e. The van der Waals surface area contributed by atoms with Crippen LogP contribution in [0.4, 0.5) is 0 Å². The molecule has 0 saturated carbocycles. The Bertz CT molecular complexity index is 1120. The van der Waals surface area contributed by atoms with Crippen molar-refractivity contribution in [2.45, 2.75) is 341 Å². The molecule has 0 aromatic rings. The number of aliphatic hydroxyl groups excluding tert-OH is 2. The first-order chi connectivity index (χ1) is 34.0. The minimum Gasteiger partial charge on any atom is -0.466 e. The highest BCUT2D eigenvalue weighted by Crippen LogP contribution is 2.17. The van der Waals surface area contributed by atoms with E-state index in [1.165, 1.54) is 238 Å². The molecule has 0 aliphatic heterocycles. The zero-order valence-corrected chi connectivity index (χ0v) is 46.3. The molecule has 0 aromatic heterocycles. The maximum atomic E-state index is 12.5. The van der Waals surface area contributed by atoms with Crippen LogP contribution in [0.3, 0.4) is 0 Å². The number of aliphatic hydroxyl groups is 2. The molecule has 2 atom stereocenters. The van der Waals surface area contributed by atoms with E-state index in [2.05, 4.69) is 43.5 Å². The lowest BCUT2D eigenvalue weighted by molar-refractivity contribution is -0.143. The fourth-order valence-corrected chi connectivity index (χ4v) is 9.43. The third kappa shape index (κ3) is 55.2. The van der Waals surface area contributed by atoms with Gasteiger partial charge in [0.1, 0.15) is 0 Å². The fourth-order valence-electron chi connectivity index (χ4n) is 9.43. The summed E-state index contributed by atoms with van der Waals surface area (Å²) in [5.74, 6) is -0.123. The lowest BCUT2D eigenvalue weighted by Gasteiger charge is -2.20. The second kappa shape index (κ2) is 58.6. The molecule has 0 saturated heterocycles. The topological polar surface area (TPSA) is 95.9 Å². The Balaban J connectivity index is 3.50. The second-order valence-corrected chi connectivity index (χ2v) is 21.0. The first-order valence-corrected chi connectivity index (χ1v) is 30.8. The quantitative estimate of drug-likeness (QED) is 0.0321. The molecule has 0 spiro atoms. The zero-order chi connectivity index (χ0) is 50.0. The number of hydrogen-bond donors (Lipinski definition) is 3. The average Bonchev–Trinajstić information content (AvgIpc) is 3.35. The van der Waals surface area contributed by atoms with Crippen LogP contribution in [-0.2, 0) is 14.3 Å². The first kappa shape index (κ1) is 67.1. The van der Waals surface area contributed by atoms with Crippen LogP contribution in [0.1, 0.15) is 328 Å². The minimum absolute atomic E-state index is 0.0303. The SMILES string of the molecule is CCCCC/C=C\C/C=C\CCCCCCCCCCCC(=O)OCCCCCCCCCCCC(=O)NC(CO)C(O)/C=C/CCCCCCCCCCCCCCCCCCCCCCCC. The summed E-state index contributed by atoms with van der Waals surface area (Å²) in [6.45, 7) is 4.83. The van der Waals surface area contributed by atoms with Gasteiger partial charge in [0.25, 0.3) is 0 Å². The third-order valence-electron chi connectivity index (χ3n) is 14.2. The van der Waals surface area contributed by atoms with Crippen LogP contribution < -0.4 is 5.32 Å². The van der Waals surface area contributed by atoms with Crippen molar-refractivity contribution in [3.05, 3.63) is 36.5 Å². The molecule has 0 bridgehead atoms. The molecule has 0 fully saturated rings. The minimum atomic E-state index is -0.864. The van der Waals surface area contributed by atoms with Gasteiger partial charge in [-0.1, -0.05) is 288 Å². The number of carbonyl (C=O) groups is 2. The predicted octanol–water partition coefficient (Wildman–Crippen LogP) is 19.2. The molecule has 0 radical (unpaired) electrons. The molecule has 69 heavy (non-hydrogen) atoms. The van der Waals surface area contributed by atoms with E-state index in [4.69, 9.17) is 4.74 Å². The Labute approximate surface area is 430 Å². The predicted molar refractivity (Wildman–Crippen MR) is 301 cm³/mol. The number of esters is 1. The van der Waals surface area contributed by atoms with E-state index in [0.717, 1.165) is 64.2 Å². The number of allylic oxidation sites excluding steroid dienone is 5. The van der Waals surface area contributed by atoms with Crippen molar-refractivity contribution in [3.8, 4) is 0 Å². The summed E-state index contributed by atoms with van der Waals surface area (Å²) in [5, 5.41) is 23.2. The molecule has 6 nitrogen and oxygen atoms in total. The maximum Gasteiger partial charge on any atom is 0.305 e. The average molecular weight is 971 g/mol. The van der Waals surface area contributed by atoms with E-state index in [0.29, 0.717) is 19.4 Å². The third-order valence-corrected chi connectivity index (χ3v) is 14.2. The molecule has 3 N–H and O–H groups in total. The van der Waals surface area contributed by atoms with Crippen LogP contribution in [0, 0.1) is 0 Å². The maximum absolute atomic E-state index is 12.5. The monoisotopic (exact) mass is 970 g/mol. The Hall–Kier alpha value is -1.92. The largest absolute Gasteiger partial charge is 0.466 e. The van der Waals surface area contributed by atoms with Gasteiger partial charge in [0, 0.05) is 12.8 Å². The molecule has 0 aliphatic rings. The Kier molecular flexibility index (Phi) is 57.0. The summed E-state index contributed by atoms with van der Waals surface area (Å²) < 4.78 is 5.47. The van der Waals surface area contributed by atoms with Crippen LogP contribution in [0.15, 0.2) is 36.5 Å². The molecular weight excluding hydrogens is 851 g/mol. The summed E-state index contributed by atoms with van der Waals surface area (Å²) in [4.78, 5) is 24.6. The van der Waals surface area contributed by atoms with E-state index in [1.807, 2.05) is 6.08 Å². The van der Waals surface area contributed by atoms with Gasteiger partial charge in [0.05, 0.1) is 25.4 Å². The summed E-state index contributed by atoms with van der Waals surface area (Å²) in [6.07, 6.45) is 73.2. The molecule has 406 valence electrons. The van der Waals surface area contributed by atoms with E-state index in [1.54, 1.807) is 6.08 Å². The standard InChI is InChI=1S/C63H119NO5/c1-3-5-7-9-11-13-15-17-19-21-23-24-25-26-27-29-30-32-34-36-39-43-47-51-55-61(66)60(59-65)64-62(67)56-52-48-44-40-38-42-46-50-54-58-69-63(68)57-53-49-45-41-37-35-33-31-28-22-20-18-16-14-12-10-8-6-4-2/h12,14,18,20,51,55,60-61,65-66H,3-11,13,15-17,19,21-50,52-54,56-59H2,1-2H3,(H,64,67)/b14-12-,20-18-,55-51+. The summed E-state index contributed by atoms with van der Waals surface area (Å²) >= 11 is 0. The van der Waals surface area contributed by atoms with Gasteiger partial charge in [-0.05, 0) is 64.2 Å². The van der Waals surface area contributed by atoms with Crippen molar-refractivity contribution in [1.82, 2.24) is 5.32 Å². The van der Waals surface area contributed by atoms with E-state index in [-0.39, 0.29) is 18.5 Å². The van der Waals surface area contributed by atoms with Gasteiger partial charge in [-0.3, -0.25) is 9.59 Å². The molecule has 6 heteroatoms. The van der Waals surface area contributed by atoms with Crippen molar-refractivity contribution < 1.29 is 24.5 Å². The van der Waals surface area contributed by atoms with Gasteiger partial charge in [0.2, 0.25) is 5.91 Å². The Morgan fingerprint density at radius 3 is 1.13 bits per heavy atom. The molecule has 0 aromatic carbocycles. The van der Waals surface area contributed by atoms with E-state index < -0.39 is 12.1 Å². The highest BCUT2D eigenvalue weighted by atomic mass is 16.5. The van der Waals surface area contributed by atoms with Gasteiger partial charge in [-0.15, -0.1) is 0 Å². The van der Waals surface area contributed by atoms with Crippen LogP contribution >= 0.6 is 0 Å². The lowest BCUT2D eigenvalue weighted by Crippen LogP contribution is -2.45. The molecule has 0 rings (SSSR count). The number of nitrogens with one attached hydrogen (secondary N) is 1. The second-order valence-electron chi connectivity index (χ2n) is 21.0.